The Hall–Kier alpha value is -4.71. The molecule has 0 radical (unpaired) electrons. The Morgan fingerprint density at radius 1 is 0.259 bits per heavy atom. The monoisotopic (exact) mass is 1120 g/mol. The Morgan fingerprint density at radius 2 is 0.481 bits per heavy atom. The lowest BCUT2D eigenvalue weighted by Gasteiger charge is -2.18. The van der Waals surface area contributed by atoms with Gasteiger partial charge in [0, 0.05) is 19.3 Å². The third kappa shape index (κ3) is 66.0. The maximum Gasteiger partial charge on any atom is 0.306 e. The summed E-state index contributed by atoms with van der Waals surface area (Å²) < 4.78 is 16.9. The van der Waals surface area contributed by atoms with Crippen molar-refractivity contribution in [1.29, 1.82) is 0 Å². The van der Waals surface area contributed by atoms with Crippen LogP contribution in [0.2, 0.25) is 0 Å². The van der Waals surface area contributed by atoms with Crippen molar-refractivity contribution >= 4 is 17.9 Å². The van der Waals surface area contributed by atoms with E-state index in [1.54, 1.807) is 0 Å². The van der Waals surface area contributed by atoms with Crippen molar-refractivity contribution in [3.63, 3.8) is 0 Å². The highest BCUT2D eigenvalue weighted by Crippen LogP contribution is 2.14. The lowest BCUT2D eigenvalue weighted by Crippen LogP contribution is -2.30. The van der Waals surface area contributed by atoms with E-state index in [1.807, 2.05) is 0 Å². The maximum atomic E-state index is 12.9. The summed E-state index contributed by atoms with van der Waals surface area (Å²) in [5.41, 5.74) is 0. The first kappa shape index (κ1) is 76.3. The zero-order valence-electron chi connectivity index (χ0n) is 52.5. The number of hydrogen-bond donors (Lipinski definition) is 0. The van der Waals surface area contributed by atoms with Gasteiger partial charge in [0.1, 0.15) is 13.2 Å². The van der Waals surface area contributed by atoms with Crippen molar-refractivity contribution in [2.45, 2.75) is 297 Å². The number of unbranched alkanes of at least 4 members (excludes halogenated alkanes) is 24. The smallest absolute Gasteiger partial charge is 0.306 e. The number of carbonyl (C=O) groups is 3. The molecule has 1 unspecified atom stereocenters. The molecule has 1 atom stereocenters. The molecule has 0 fully saturated rings. The first-order chi connectivity index (χ1) is 40.0. The molecular weight excluding hydrogens is 997 g/mol. The van der Waals surface area contributed by atoms with Crippen LogP contribution >= 0.6 is 0 Å². The van der Waals surface area contributed by atoms with Crippen LogP contribution in [-0.2, 0) is 28.6 Å². The van der Waals surface area contributed by atoms with E-state index in [-0.39, 0.29) is 37.5 Å². The summed E-state index contributed by atoms with van der Waals surface area (Å²) in [6.07, 6.45) is 97.0. The van der Waals surface area contributed by atoms with Crippen molar-refractivity contribution < 1.29 is 28.6 Å². The summed E-state index contributed by atoms with van der Waals surface area (Å²) in [4.78, 5) is 38.4. The number of esters is 3. The SMILES string of the molecule is CC/C=C\C/C=C\C/C=C\C/C=C\C/C=C\C/C=C\CCCCC(=O)OC(COC(=O)CCCCCCCC/C=C\C/C=C\C/C=C\CCCCC)COC(=O)CCCCCCCCCC/C=C\C/C=C\C/C=C\CCCCCCC. The molecule has 6 nitrogen and oxygen atoms in total. The second kappa shape index (κ2) is 67.8. The minimum atomic E-state index is -0.819. The van der Waals surface area contributed by atoms with E-state index < -0.39 is 6.10 Å². The second-order valence-electron chi connectivity index (χ2n) is 21.6. The fourth-order valence-corrected chi connectivity index (χ4v) is 8.81. The number of allylic oxidation sites excluding steroid dienone is 24. The molecular formula is C75H122O6. The fraction of sp³-hybridized carbons (Fsp3) is 0.640. The summed E-state index contributed by atoms with van der Waals surface area (Å²) in [5, 5.41) is 0. The van der Waals surface area contributed by atoms with E-state index in [0.29, 0.717) is 19.3 Å². The van der Waals surface area contributed by atoms with Crippen LogP contribution < -0.4 is 0 Å². The Labute approximate surface area is 499 Å². The first-order valence-corrected chi connectivity index (χ1v) is 33.3. The molecule has 6 heteroatoms. The van der Waals surface area contributed by atoms with Gasteiger partial charge < -0.3 is 14.2 Å². The Balaban J connectivity index is 4.52. The van der Waals surface area contributed by atoms with Crippen LogP contribution in [-0.4, -0.2) is 37.2 Å². The van der Waals surface area contributed by atoms with E-state index in [0.717, 1.165) is 135 Å². The third-order valence-corrected chi connectivity index (χ3v) is 13.8. The molecule has 0 amide bonds. The summed E-state index contributed by atoms with van der Waals surface area (Å²) in [5.74, 6) is -0.971. The minimum Gasteiger partial charge on any atom is -0.462 e. The lowest BCUT2D eigenvalue weighted by atomic mass is 10.1. The molecule has 0 aromatic heterocycles. The zero-order chi connectivity index (χ0) is 58.5. The predicted molar refractivity (Wildman–Crippen MR) is 352 cm³/mol. The number of ether oxygens (including phenoxy) is 3. The van der Waals surface area contributed by atoms with Crippen LogP contribution in [0.5, 0.6) is 0 Å². The molecule has 0 aromatic rings. The Bertz CT molecular complexity index is 1760. The van der Waals surface area contributed by atoms with E-state index in [2.05, 4.69) is 167 Å². The van der Waals surface area contributed by atoms with E-state index in [9.17, 15) is 14.4 Å². The van der Waals surface area contributed by atoms with E-state index in [1.165, 1.54) is 109 Å². The fourth-order valence-electron chi connectivity index (χ4n) is 8.81. The summed E-state index contributed by atoms with van der Waals surface area (Å²) in [7, 11) is 0. The van der Waals surface area contributed by atoms with Crippen LogP contribution in [0.25, 0.3) is 0 Å². The standard InChI is InChI=1S/C75H122O6/c1-4-7-10-13-16-19-22-25-28-31-34-36-37-39-41-44-47-50-53-56-59-62-65-68-74(77)80-71-72(70-79-73(76)67-64-61-58-55-52-49-46-43-40-33-30-27-24-21-18-15-12-9-6-3)81-75(78)69-66-63-60-57-54-51-48-45-42-38-35-32-29-26-23-20-17-14-11-8-5-2/h8,11,17-18,20-22,25-27,29-31,34-35,37-40,43,45,48,54,57,72H,4-7,9-10,12-16,19,23-24,28,32-33,36,41-42,44,46-47,49-53,55-56,58-71H2,1-3H3/b11-8-,20-17-,21-18-,25-22-,29-26-,30-27-,34-31-,38-35-,39-37-,43-40-,48-45-,57-54-. The molecule has 0 aliphatic carbocycles. The van der Waals surface area contributed by atoms with Crippen molar-refractivity contribution in [1.82, 2.24) is 0 Å². The zero-order valence-corrected chi connectivity index (χ0v) is 52.5. The van der Waals surface area contributed by atoms with Crippen LogP contribution in [0.3, 0.4) is 0 Å². The van der Waals surface area contributed by atoms with Crippen molar-refractivity contribution in [3.8, 4) is 0 Å². The van der Waals surface area contributed by atoms with Gasteiger partial charge in [0.15, 0.2) is 6.10 Å². The normalized spacial score (nSPS) is 13.1. The van der Waals surface area contributed by atoms with Gasteiger partial charge in [0.05, 0.1) is 0 Å². The van der Waals surface area contributed by atoms with E-state index >= 15 is 0 Å². The molecule has 81 heavy (non-hydrogen) atoms. The van der Waals surface area contributed by atoms with Crippen LogP contribution in [0.4, 0.5) is 0 Å². The summed E-state index contributed by atoms with van der Waals surface area (Å²) in [6.45, 7) is 6.44. The molecule has 0 saturated carbocycles. The van der Waals surface area contributed by atoms with Crippen LogP contribution in [0.15, 0.2) is 146 Å². The molecule has 0 aromatic carbocycles. The molecule has 0 saturated heterocycles. The first-order valence-electron chi connectivity index (χ1n) is 33.3. The Morgan fingerprint density at radius 3 is 0.802 bits per heavy atom. The molecule has 0 N–H and O–H groups in total. The van der Waals surface area contributed by atoms with Gasteiger partial charge in [-0.3, -0.25) is 14.4 Å². The van der Waals surface area contributed by atoms with Gasteiger partial charge in [-0.15, -0.1) is 0 Å². The topological polar surface area (TPSA) is 78.9 Å². The van der Waals surface area contributed by atoms with Gasteiger partial charge in [-0.2, -0.15) is 0 Å². The molecule has 0 heterocycles. The average molecular weight is 1120 g/mol. The molecule has 0 rings (SSSR count). The average Bonchev–Trinajstić information content (AvgIpc) is 3.47. The molecule has 0 bridgehead atoms. The summed E-state index contributed by atoms with van der Waals surface area (Å²) in [6, 6.07) is 0. The lowest BCUT2D eigenvalue weighted by molar-refractivity contribution is -0.167. The highest BCUT2D eigenvalue weighted by molar-refractivity contribution is 5.71. The van der Waals surface area contributed by atoms with Crippen LogP contribution in [0, 0.1) is 0 Å². The van der Waals surface area contributed by atoms with E-state index in [4.69, 9.17) is 14.2 Å². The third-order valence-electron chi connectivity index (χ3n) is 13.8. The van der Waals surface area contributed by atoms with Crippen molar-refractivity contribution in [2.24, 2.45) is 0 Å². The summed E-state index contributed by atoms with van der Waals surface area (Å²) >= 11 is 0. The molecule has 0 aliphatic rings. The maximum absolute atomic E-state index is 12.9. The quantitative estimate of drug-likeness (QED) is 0.0261. The molecule has 0 aliphatic heterocycles. The van der Waals surface area contributed by atoms with Gasteiger partial charge >= 0.3 is 17.9 Å². The van der Waals surface area contributed by atoms with Gasteiger partial charge in [-0.1, -0.05) is 269 Å². The Kier molecular flexibility index (Phi) is 63.9. The van der Waals surface area contributed by atoms with Gasteiger partial charge in [-0.05, 0) is 148 Å². The minimum absolute atomic E-state index is 0.109. The highest BCUT2D eigenvalue weighted by atomic mass is 16.6. The number of rotatable bonds is 59. The van der Waals surface area contributed by atoms with Crippen molar-refractivity contribution in [3.05, 3.63) is 146 Å². The van der Waals surface area contributed by atoms with Gasteiger partial charge in [0.2, 0.25) is 0 Å². The van der Waals surface area contributed by atoms with Gasteiger partial charge in [0.25, 0.3) is 0 Å². The predicted octanol–water partition coefficient (Wildman–Crippen LogP) is 23.1. The van der Waals surface area contributed by atoms with Crippen molar-refractivity contribution in [2.75, 3.05) is 13.2 Å². The number of hydrogen-bond acceptors (Lipinski definition) is 6. The highest BCUT2D eigenvalue weighted by Gasteiger charge is 2.19. The van der Waals surface area contributed by atoms with Gasteiger partial charge in [-0.25, -0.2) is 0 Å². The second-order valence-corrected chi connectivity index (χ2v) is 21.6. The van der Waals surface area contributed by atoms with Crippen LogP contribution in [0.1, 0.15) is 290 Å². The number of carbonyl (C=O) groups excluding carboxylic acids is 3. The molecule has 458 valence electrons. The molecule has 0 spiro atoms. The largest absolute Gasteiger partial charge is 0.462 e.